The Morgan fingerprint density at radius 2 is 1.84 bits per heavy atom. The first kappa shape index (κ1) is 39.0. The van der Waals surface area contributed by atoms with Gasteiger partial charge in [0.1, 0.15) is 12.3 Å². The molecular formula is C19H34N5O18P3. The minimum Gasteiger partial charge on any atom is -0.390 e. The molecule has 26 heteroatoms. The number of rotatable bonds is 20. The maximum atomic E-state index is 12.4. The Kier molecular flexibility index (Phi) is 15.8. The number of hydrogen-bond acceptors (Lipinski definition) is 15. The van der Waals surface area contributed by atoms with Gasteiger partial charge in [0, 0.05) is 25.7 Å². The molecule has 0 aliphatic carbocycles. The zero-order valence-corrected chi connectivity index (χ0v) is 25.9. The van der Waals surface area contributed by atoms with Crippen molar-refractivity contribution in [3.8, 4) is 0 Å². The summed E-state index contributed by atoms with van der Waals surface area (Å²) in [6, 6.07) is -0.544. The normalized spacial score (nSPS) is 21.4. The summed E-state index contributed by atoms with van der Waals surface area (Å²) in [4.78, 5) is 83.9. The largest absolute Gasteiger partial charge is 0.490 e. The van der Waals surface area contributed by atoms with Crippen LogP contribution in [-0.2, 0) is 46.1 Å². The second-order valence-electron chi connectivity index (χ2n) is 8.72. The molecule has 0 bridgehead atoms. The Morgan fingerprint density at radius 1 is 1.11 bits per heavy atom. The number of nitrogens with two attached hydrogens (primary N) is 1. The zero-order chi connectivity index (χ0) is 33.7. The Morgan fingerprint density at radius 3 is 2.53 bits per heavy atom. The van der Waals surface area contributed by atoms with Crippen molar-refractivity contribution in [3.63, 3.8) is 0 Å². The molecule has 1 aliphatic heterocycles. The molecule has 1 saturated heterocycles. The Balaban J connectivity index is 1.85. The minimum absolute atomic E-state index is 0.0231. The van der Waals surface area contributed by atoms with Gasteiger partial charge < -0.3 is 50.5 Å². The highest BCUT2D eigenvalue weighted by atomic mass is 31.3. The van der Waals surface area contributed by atoms with Crippen molar-refractivity contribution in [1.29, 1.82) is 0 Å². The Labute approximate surface area is 253 Å². The Bertz CT molecular complexity index is 1400. The van der Waals surface area contributed by atoms with Crippen LogP contribution in [0, 0.1) is 0 Å². The van der Waals surface area contributed by atoms with E-state index in [0.717, 1.165) is 10.8 Å². The topological polar surface area (TPSA) is 339 Å². The van der Waals surface area contributed by atoms with Crippen LogP contribution >= 0.6 is 23.5 Å². The smallest absolute Gasteiger partial charge is 0.390 e. The molecule has 258 valence electrons. The van der Waals surface area contributed by atoms with E-state index in [1.807, 2.05) is 0 Å². The van der Waals surface area contributed by atoms with Crippen LogP contribution in [0.25, 0.3) is 6.08 Å². The van der Waals surface area contributed by atoms with Gasteiger partial charge in [-0.25, -0.2) is 33.1 Å². The maximum absolute atomic E-state index is 12.4. The molecule has 45 heavy (non-hydrogen) atoms. The number of nitrogens with zero attached hydrogens (tertiary/aromatic N) is 1. The van der Waals surface area contributed by atoms with E-state index in [0.29, 0.717) is 19.6 Å². The molecule has 2 amide bonds. The van der Waals surface area contributed by atoms with Gasteiger partial charge in [0.2, 0.25) is 0 Å². The predicted molar refractivity (Wildman–Crippen MR) is 148 cm³/mol. The fourth-order valence-corrected chi connectivity index (χ4v) is 6.34. The van der Waals surface area contributed by atoms with E-state index in [2.05, 4.69) is 28.8 Å². The summed E-state index contributed by atoms with van der Waals surface area (Å²) in [5, 5.41) is 15.3. The monoisotopic (exact) mass is 713 g/mol. The number of phosphoric ester groups is 1. The van der Waals surface area contributed by atoms with E-state index in [1.54, 1.807) is 0 Å². The lowest BCUT2D eigenvalue weighted by atomic mass is 10.2. The van der Waals surface area contributed by atoms with Crippen molar-refractivity contribution in [2.75, 3.05) is 46.2 Å². The summed E-state index contributed by atoms with van der Waals surface area (Å²) in [5.74, 6) is 0. The van der Waals surface area contributed by atoms with E-state index >= 15 is 0 Å². The minimum atomic E-state index is -5.75. The molecule has 0 radical (unpaired) electrons. The van der Waals surface area contributed by atoms with Crippen molar-refractivity contribution in [2.24, 2.45) is 5.73 Å². The highest BCUT2D eigenvalue weighted by molar-refractivity contribution is 7.66. The molecule has 0 saturated carbocycles. The van der Waals surface area contributed by atoms with Gasteiger partial charge in [0.15, 0.2) is 6.79 Å². The number of phosphoric acid groups is 3. The summed E-state index contributed by atoms with van der Waals surface area (Å²) >= 11 is 0. The zero-order valence-electron chi connectivity index (χ0n) is 23.2. The van der Waals surface area contributed by atoms with E-state index < -0.39 is 65.8 Å². The summed E-state index contributed by atoms with van der Waals surface area (Å²) in [5.41, 5.74) is 3.53. The summed E-state index contributed by atoms with van der Waals surface area (Å²) in [6.07, 6.45) is 0.0858. The van der Waals surface area contributed by atoms with Crippen molar-refractivity contribution in [2.45, 2.75) is 31.3 Å². The lowest BCUT2D eigenvalue weighted by molar-refractivity contribution is -0.335. The first-order valence-corrected chi connectivity index (χ1v) is 17.2. The number of hydrogen-bond donors (Lipinski definition) is 9. The predicted octanol–water partition coefficient (Wildman–Crippen LogP) is -1.89. The quantitative estimate of drug-likeness (QED) is 0.0234. The highest BCUT2D eigenvalue weighted by Crippen LogP contribution is 2.66. The summed E-state index contributed by atoms with van der Waals surface area (Å²) in [7, 11) is -16.8. The maximum Gasteiger partial charge on any atom is 0.490 e. The number of ether oxygens (including phenoxy) is 2. The number of amides is 2. The standard InChI is InChI=1S/C19H34N5O18P3/c20-4-2-7-37-38-12-36-8-6-22-18(27)21-5-1-3-13-10-24(19(28)23-17(13)26)16-9-14(25)15(40-16)11-39-44(32,33)42-45(34,35)41-43(29,30)31/h1,3,10,14-16,25H,2,4-9,11-12,20H2,(H,32,33)(H,34,35)(H2,21,22,27)(H,23,26,28)(H2,29,30,31)/b3-1+/t14-,15+,16+/m0/s1. The molecule has 23 nitrogen and oxygen atoms in total. The number of nitrogens with one attached hydrogen (secondary N) is 3. The highest BCUT2D eigenvalue weighted by Gasteiger charge is 2.43. The molecule has 2 heterocycles. The van der Waals surface area contributed by atoms with Gasteiger partial charge in [0.05, 0.1) is 31.5 Å². The van der Waals surface area contributed by atoms with Crippen molar-refractivity contribution < 1.29 is 75.6 Å². The number of H-pyrrole nitrogens is 1. The van der Waals surface area contributed by atoms with Crippen LogP contribution in [0.3, 0.4) is 0 Å². The molecule has 2 rings (SSSR count). The first-order chi connectivity index (χ1) is 21.0. The number of carbonyl (C=O) groups excluding carboxylic acids is 1. The Hall–Kier alpha value is -2.14. The second kappa shape index (κ2) is 18.3. The number of urea groups is 1. The lowest BCUT2D eigenvalue weighted by Gasteiger charge is -2.19. The number of aliphatic hydroxyl groups excluding tert-OH is 1. The SMILES string of the molecule is NCCCOOCOCCNC(=O)NC/C=C/c1cn([C@H]2C[C@H](O)[C@@H](COP(=O)(O)OP(=O)(O)OP(=O)(O)O)O2)c(=O)[nH]c1=O. The van der Waals surface area contributed by atoms with Crippen LogP contribution < -0.4 is 27.6 Å². The number of aromatic nitrogens is 2. The van der Waals surface area contributed by atoms with Crippen LogP contribution in [0.1, 0.15) is 24.6 Å². The van der Waals surface area contributed by atoms with Crippen LogP contribution in [0.15, 0.2) is 21.9 Å². The van der Waals surface area contributed by atoms with Crippen molar-refractivity contribution in [1.82, 2.24) is 20.2 Å². The molecule has 0 spiro atoms. The van der Waals surface area contributed by atoms with Crippen LogP contribution in [0.2, 0.25) is 0 Å². The molecule has 1 aromatic heterocycles. The molecule has 1 aliphatic rings. The van der Waals surface area contributed by atoms with Crippen LogP contribution in [0.5, 0.6) is 0 Å². The van der Waals surface area contributed by atoms with Gasteiger partial charge in [-0.1, -0.05) is 12.2 Å². The number of aliphatic hydroxyl groups is 1. The molecule has 1 aromatic rings. The summed E-state index contributed by atoms with van der Waals surface area (Å²) < 4.78 is 57.2. The molecule has 0 aromatic carbocycles. The van der Waals surface area contributed by atoms with Gasteiger partial charge in [-0.3, -0.25) is 18.9 Å². The number of carbonyl (C=O) groups is 1. The average molecular weight is 713 g/mol. The van der Waals surface area contributed by atoms with Crippen molar-refractivity contribution in [3.05, 3.63) is 38.7 Å². The molecular weight excluding hydrogens is 679 g/mol. The molecule has 5 atom stereocenters. The summed E-state index contributed by atoms with van der Waals surface area (Å²) in [6.45, 7) is -0.0375. The third kappa shape index (κ3) is 15.3. The fourth-order valence-electron chi connectivity index (χ4n) is 3.31. The lowest BCUT2D eigenvalue weighted by Crippen LogP contribution is -2.37. The van der Waals surface area contributed by atoms with E-state index in [1.165, 1.54) is 12.2 Å². The third-order valence-corrected chi connectivity index (χ3v) is 8.99. The van der Waals surface area contributed by atoms with Crippen LogP contribution in [0.4, 0.5) is 4.79 Å². The van der Waals surface area contributed by atoms with Crippen molar-refractivity contribution >= 4 is 35.6 Å². The third-order valence-electron chi connectivity index (χ3n) is 5.18. The first-order valence-electron chi connectivity index (χ1n) is 12.7. The van der Waals surface area contributed by atoms with Gasteiger partial charge >= 0.3 is 35.2 Å². The van der Waals surface area contributed by atoms with E-state index in [4.69, 9.17) is 34.8 Å². The van der Waals surface area contributed by atoms with Gasteiger partial charge in [0.25, 0.3) is 5.56 Å². The van der Waals surface area contributed by atoms with Gasteiger partial charge in [-0.15, -0.1) is 0 Å². The van der Waals surface area contributed by atoms with Gasteiger partial charge in [-0.2, -0.15) is 8.62 Å². The average Bonchev–Trinajstić information content (AvgIpc) is 3.28. The fraction of sp³-hybridized carbons (Fsp3) is 0.632. The van der Waals surface area contributed by atoms with Gasteiger partial charge in [-0.05, 0) is 13.0 Å². The number of aromatic amines is 1. The van der Waals surface area contributed by atoms with E-state index in [-0.39, 0.29) is 38.5 Å². The molecule has 2 unspecified atom stereocenters. The second-order valence-corrected chi connectivity index (χ2v) is 13.1. The van der Waals surface area contributed by atoms with Crippen LogP contribution in [-0.4, -0.2) is 98.7 Å². The van der Waals surface area contributed by atoms with E-state index in [9.17, 15) is 43.0 Å². The molecule has 10 N–H and O–H groups in total. The molecule has 1 fully saturated rings.